The first kappa shape index (κ1) is 9.93. The van der Waals surface area contributed by atoms with Crippen molar-refractivity contribution in [1.29, 1.82) is 0 Å². The maximum absolute atomic E-state index is 12.8. The van der Waals surface area contributed by atoms with Gasteiger partial charge in [-0.1, -0.05) is 12.1 Å². The van der Waals surface area contributed by atoms with E-state index in [4.69, 9.17) is 16.0 Å². The summed E-state index contributed by atoms with van der Waals surface area (Å²) in [5.41, 5.74) is 0.237. The zero-order valence-electron chi connectivity index (χ0n) is 7.54. The van der Waals surface area contributed by atoms with Gasteiger partial charge in [0.25, 0.3) is 0 Å². The smallest absolute Gasteiger partial charge is 0.228 e. The van der Waals surface area contributed by atoms with E-state index < -0.39 is 5.82 Å². The maximum atomic E-state index is 12.8. The molecule has 15 heavy (non-hydrogen) atoms. The van der Waals surface area contributed by atoms with E-state index >= 15 is 0 Å². The molecule has 0 N–H and O–H groups in total. The van der Waals surface area contributed by atoms with Gasteiger partial charge < -0.3 is 4.42 Å². The summed E-state index contributed by atoms with van der Waals surface area (Å²) >= 11 is 5.53. The molecule has 0 amide bonds. The third-order valence-electron chi connectivity index (χ3n) is 1.88. The highest BCUT2D eigenvalue weighted by Crippen LogP contribution is 2.17. The lowest BCUT2D eigenvalue weighted by atomic mass is 10.1. The Morgan fingerprint density at radius 2 is 2.07 bits per heavy atom. The molecule has 0 aliphatic rings. The van der Waals surface area contributed by atoms with Crippen molar-refractivity contribution in [3.63, 3.8) is 0 Å². The van der Waals surface area contributed by atoms with Gasteiger partial charge in [0.05, 0.1) is 0 Å². The Morgan fingerprint density at radius 1 is 1.27 bits per heavy atom. The molecule has 4 heteroatoms. The fraction of sp³-hybridized carbons (Fsp3) is 0. The standard InChI is InChI=1S/C11H6ClFO2/c12-10-5-4-9(15-10)11(14)7-2-1-3-8(13)6-7/h1-6H. The van der Waals surface area contributed by atoms with E-state index in [9.17, 15) is 9.18 Å². The summed E-state index contributed by atoms with van der Waals surface area (Å²) in [6.07, 6.45) is 0. The van der Waals surface area contributed by atoms with Crippen LogP contribution < -0.4 is 0 Å². The molecule has 2 aromatic rings. The van der Waals surface area contributed by atoms with Gasteiger partial charge in [-0.3, -0.25) is 4.79 Å². The molecule has 0 aliphatic carbocycles. The molecular weight excluding hydrogens is 219 g/mol. The fourth-order valence-electron chi connectivity index (χ4n) is 1.21. The quantitative estimate of drug-likeness (QED) is 0.733. The molecule has 0 radical (unpaired) electrons. The van der Waals surface area contributed by atoms with Crippen molar-refractivity contribution in [3.8, 4) is 0 Å². The van der Waals surface area contributed by atoms with E-state index in [1.165, 1.54) is 30.3 Å². The van der Waals surface area contributed by atoms with Gasteiger partial charge in [-0.05, 0) is 35.9 Å². The van der Waals surface area contributed by atoms with Crippen LogP contribution in [0.25, 0.3) is 0 Å². The number of rotatable bonds is 2. The SMILES string of the molecule is O=C(c1cccc(F)c1)c1ccc(Cl)o1. The van der Waals surface area contributed by atoms with Crippen LogP contribution in [0.2, 0.25) is 5.22 Å². The molecule has 76 valence electrons. The minimum atomic E-state index is -0.460. The van der Waals surface area contributed by atoms with Gasteiger partial charge in [0.1, 0.15) is 5.82 Å². The number of hydrogen-bond donors (Lipinski definition) is 0. The number of ketones is 1. The molecule has 0 aliphatic heterocycles. The fourth-order valence-corrected chi connectivity index (χ4v) is 1.35. The molecule has 1 heterocycles. The van der Waals surface area contributed by atoms with Crippen LogP contribution in [0.3, 0.4) is 0 Å². The number of carbonyl (C=O) groups is 1. The zero-order chi connectivity index (χ0) is 10.8. The second-order valence-corrected chi connectivity index (χ2v) is 3.32. The Hall–Kier alpha value is -1.61. The monoisotopic (exact) mass is 224 g/mol. The predicted octanol–water partition coefficient (Wildman–Crippen LogP) is 3.30. The molecule has 0 spiro atoms. The molecule has 0 saturated carbocycles. The van der Waals surface area contributed by atoms with Gasteiger partial charge in [0.15, 0.2) is 11.0 Å². The van der Waals surface area contributed by atoms with Crippen molar-refractivity contribution < 1.29 is 13.6 Å². The third kappa shape index (κ3) is 2.07. The molecule has 0 unspecified atom stereocenters. The Bertz CT molecular complexity index is 505. The molecule has 0 fully saturated rings. The third-order valence-corrected chi connectivity index (χ3v) is 2.09. The topological polar surface area (TPSA) is 30.2 Å². The summed E-state index contributed by atoms with van der Waals surface area (Å²) in [5, 5.41) is 0.134. The summed E-state index contributed by atoms with van der Waals surface area (Å²) < 4.78 is 17.8. The summed E-state index contributed by atoms with van der Waals surface area (Å²) in [4.78, 5) is 11.7. The van der Waals surface area contributed by atoms with E-state index in [-0.39, 0.29) is 22.3 Å². The van der Waals surface area contributed by atoms with Crippen molar-refractivity contribution in [2.24, 2.45) is 0 Å². The average molecular weight is 225 g/mol. The summed E-state index contributed by atoms with van der Waals surface area (Å²) in [6.45, 7) is 0. The molecule has 0 bridgehead atoms. The molecule has 2 rings (SSSR count). The van der Waals surface area contributed by atoms with Gasteiger partial charge in [0, 0.05) is 5.56 Å². The molecule has 0 atom stereocenters. The van der Waals surface area contributed by atoms with Crippen LogP contribution in [0.1, 0.15) is 16.1 Å². The largest absolute Gasteiger partial charge is 0.441 e. The highest BCUT2D eigenvalue weighted by molar-refractivity contribution is 6.29. The Labute approximate surface area is 90.3 Å². The number of hydrogen-bond acceptors (Lipinski definition) is 2. The lowest BCUT2D eigenvalue weighted by Crippen LogP contribution is -1.99. The van der Waals surface area contributed by atoms with Crippen LogP contribution in [-0.2, 0) is 0 Å². The maximum Gasteiger partial charge on any atom is 0.228 e. The van der Waals surface area contributed by atoms with Crippen molar-refractivity contribution >= 4 is 17.4 Å². The lowest BCUT2D eigenvalue weighted by molar-refractivity contribution is 0.101. The highest BCUT2D eigenvalue weighted by Gasteiger charge is 2.13. The van der Waals surface area contributed by atoms with Gasteiger partial charge in [-0.25, -0.2) is 4.39 Å². The van der Waals surface area contributed by atoms with E-state index in [0.29, 0.717) is 0 Å². The molecule has 2 nitrogen and oxygen atoms in total. The molecular formula is C11H6ClFO2. The summed E-state index contributed by atoms with van der Waals surface area (Å²) in [6, 6.07) is 8.32. The van der Waals surface area contributed by atoms with Crippen LogP contribution in [-0.4, -0.2) is 5.78 Å². The van der Waals surface area contributed by atoms with Gasteiger partial charge in [0.2, 0.25) is 5.78 Å². The van der Waals surface area contributed by atoms with Crippen LogP contribution in [0.15, 0.2) is 40.8 Å². The van der Waals surface area contributed by atoms with Crippen molar-refractivity contribution in [3.05, 3.63) is 58.8 Å². The average Bonchev–Trinajstić information content (AvgIpc) is 2.64. The van der Waals surface area contributed by atoms with Gasteiger partial charge in [-0.15, -0.1) is 0 Å². The zero-order valence-corrected chi connectivity index (χ0v) is 8.29. The summed E-state index contributed by atoms with van der Waals surface area (Å²) in [5.74, 6) is -0.745. The van der Waals surface area contributed by atoms with Crippen LogP contribution >= 0.6 is 11.6 Å². The van der Waals surface area contributed by atoms with Crippen molar-refractivity contribution in [1.82, 2.24) is 0 Å². The molecule has 1 aromatic carbocycles. The number of halogens is 2. The molecule has 0 saturated heterocycles. The van der Waals surface area contributed by atoms with Crippen molar-refractivity contribution in [2.45, 2.75) is 0 Å². The highest BCUT2D eigenvalue weighted by atomic mass is 35.5. The van der Waals surface area contributed by atoms with E-state index in [2.05, 4.69) is 0 Å². The lowest BCUT2D eigenvalue weighted by Gasteiger charge is -1.96. The predicted molar refractivity (Wildman–Crippen MR) is 53.6 cm³/mol. The Kier molecular flexibility index (Phi) is 2.56. The van der Waals surface area contributed by atoms with Crippen molar-refractivity contribution in [2.75, 3.05) is 0 Å². The number of furan rings is 1. The van der Waals surface area contributed by atoms with E-state index in [1.807, 2.05) is 0 Å². The number of benzene rings is 1. The first-order valence-corrected chi connectivity index (χ1v) is 4.60. The first-order chi connectivity index (χ1) is 7.16. The second kappa shape index (κ2) is 3.87. The van der Waals surface area contributed by atoms with E-state index in [0.717, 1.165) is 6.07 Å². The van der Waals surface area contributed by atoms with Crippen LogP contribution in [0.4, 0.5) is 4.39 Å². The first-order valence-electron chi connectivity index (χ1n) is 4.22. The molecule has 1 aromatic heterocycles. The van der Waals surface area contributed by atoms with Crippen LogP contribution in [0, 0.1) is 5.82 Å². The van der Waals surface area contributed by atoms with E-state index in [1.54, 1.807) is 0 Å². The van der Waals surface area contributed by atoms with Gasteiger partial charge >= 0.3 is 0 Å². The normalized spacial score (nSPS) is 10.3. The van der Waals surface area contributed by atoms with Gasteiger partial charge in [-0.2, -0.15) is 0 Å². The minimum absolute atomic E-state index is 0.102. The minimum Gasteiger partial charge on any atom is -0.441 e. The Morgan fingerprint density at radius 3 is 2.67 bits per heavy atom. The summed E-state index contributed by atoms with van der Waals surface area (Å²) in [7, 11) is 0. The number of carbonyl (C=O) groups excluding carboxylic acids is 1. The second-order valence-electron chi connectivity index (χ2n) is 2.94. The Balaban J connectivity index is 2.36. The van der Waals surface area contributed by atoms with Crippen LogP contribution in [0.5, 0.6) is 0 Å².